The zero-order chi connectivity index (χ0) is 21.1. The van der Waals surface area contributed by atoms with Crippen LogP contribution in [0.2, 0.25) is 0 Å². The molecule has 2 aromatic carbocycles. The second kappa shape index (κ2) is 8.84. The molecule has 5 heteroatoms. The third-order valence-corrected chi connectivity index (χ3v) is 5.61. The second-order valence-corrected chi connectivity index (χ2v) is 7.96. The Morgan fingerprint density at radius 2 is 2.03 bits per heavy atom. The van der Waals surface area contributed by atoms with Crippen molar-refractivity contribution in [1.29, 1.82) is 0 Å². The summed E-state index contributed by atoms with van der Waals surface area (Å²) in [6.07, 6.45) is 2.09. The van der Waals surface area contributed by atoms with E-state index in [4.69, 9.17) is 9.47 Å². The highest BCUT2D eigenvalue weighted by molar-refractivity contribution is 6.06. The predicted octanol–water partition coefficient (Wildman–Crippen LogP) is 4.68. The molecule has 0 radical (unpaired) electrons. The second-order valence-electron chi connectivity index (χ2n) is 7.96. The van der Waals surface area contributed by atoms with Crippen LogP contribution < -0.4 is 4.74 Å². The first-order valence-corrected chi connectivity index (χ1v) is 10.5. The number of hydrogen-bond donors (Lipinski definition) is 0. The van der Waals surface area contributed by atoms with Crippen LogP contribution in [0.1, 0.15) is 40.0 Å². The van der Waals surface area contributed by atoms with E-state index in [1.807, 2.05) is 67.3 Å². The van der Waals surface area contributed by atoms with Crippen molar-refractivity contribution in [1.82, 2.24) is 9.88 Å². The number of carbonyl (C=O) groups is 1. The minimum atomic E-state index is -0.00231. The van der Waals surface area contributed by atoms with Gasteiger partial charge in [-0.15, -0.1) is 0 Å². The van der Waals surface area contributed by atoms with Crippen LogP contribution >= 0.6 is 0 Å². The minimum absolute atomic E-state index is 0.00231. The maximum absolute atomic E-state index is 13.8. The van der Waals surface area contributed by atoms with Crippen molar-refractivity contribution < 1.29 is 14.3 Å². The summed E-state index contributed by atoms with van der Waals surface area (Å²) in [5.41, 5.74) is 4.46. The summed E-state index contributed by atoms with van der Waals surface area (Å²) in [6.45, 7) is 5.76. The van der Waals surface area contributed by atoms with E-state index < -0.39 is 0 Å². The van der Waals surface area contributed by atoms with Crippen molar-refractivity contribution >= 4 is 16.8 Å². The lowest BCUT2D eigenvalue weighted by Crippen LogP contribution is -2.37. The molecule has 2 heterocycles. The lowest BCUT2D eigenvalue weighted by Gasteiger charge is -2.27. The Bertz CT molecular complexity index is 1060. The molecule has 0 aliphatic carbocycles. The van der Waals surface area contributed by atoms with Crippen LogP contribution in [0.5, 0.6) is 5.75 Å². The first-order chi connectivity index (χ1) is 14.5. The van der Waals surface area contributed by atoms with E-state index in [1.165, 1.54) is 0 Å². The van der Waals surface area contributed by atoms with Crippen molar-refractivity contribution in [3.05, 3.63) is 70.9 Å². The van der Waals surface area contributed by atoms with Gasteiger partial charge in [-0.05, 0) is 51.0 Å². The van der Waals surface area contributed by atoms with Gasteiger partial charge in [0.25, 0.3) is 5.91 Å². The SMILES string of the molecule is COc1ccccc1CN(CC1CCCO1)C(=O)c1cc(C)nc2ccc(C)cc12. The number of benzene rings is 2. The summed E-state index contributed by atoms with van der Waals surface area (Å²) < 4.78 is 11.4. The van der Waals surface area contributed by atoms with Crippen LogP contribution in [-0.4, -0.2) is 42.2 Å². The van der Waals surface area contributed by atoms with Crippen molar-refractivity contribution in [2.24, 2.45) is 0 Å². The Balaban J connectivity index is 1.73. The number of hydrogen-bond acceptors (Lipinski definition) is 4. The molecule has 0 bridgehead atoms. The van der Waals surface area contributed by atoms with Crippen molar-refractivity contribution in [2.45, 2.75) is 39.3 Å². The summed E-state index contributed by atoms with van der Waals surface area (Å²) in [6, 6.07) is 15.8. The highest BCUT2D eigenvalue weighted by Gasteiger charge is 2.26. The maximum Gasteiger partial charge on any atom is 0.255 e. The highest BCUT2D eigenvalue weighted by atomic mass is 16.5. The molecule has 1 atom stereocenters. The van der Waals surface area contributed by atoms with Crippen LogP contribution in [0.4, 0.5) is 0 Å². The fourth-order valence-electron chi connectivity index (χ4n) is 4.11. The number of pyridine rings is 1. The molecule has 1 aliphatic rings. The molecule has 30 heavy (non-hydrogen) atoms. The molecule has 1 saturated heterocycles. The number of carbonyl (C=O) groups excluding carboxylic acids is 1. The normalized spacial score (nSPS) is 16.0. The smallest absolute Gasteiger partial charge is 0.255 e. The molecule has 1 aromatic heterocycles. The van der Waals surface area contributed by atoms with Crippen LogP contribution in [0.15, 0.2) is 48.5 Å². The Morgan fingerprint density at radius 3 is 2.80 bits per heavy atom. The molecule has 0 spiro atoms. The van der Waals surface area contributed by atoms with Crippen LogP contribution in [-0.2, 0) is 11.3 Å². The summed E-state index contributed by atoms with van der Waals surface area (Å²) in [5.74, 6) is 0.784. The predicted molar refractivity (Wildman–Crippen MR) is 118 cm³/mol. The van der Waals surface area contributed by atoms with Crippen molar-refractivity contribution in [3.63, 3.8) is 0 Å². The van der Waals surface area contributed by atoms with E-state index in [2.05, 4.69) is 4.98 Å². The summed E-state index contributed by atoms with van der Waals surface area (Å²) >= 11 is 0. The van der Waals surface area contributed by atoms with Gasteiger partial charge >= 0.3 is 0 Å². The first kappa shape index (κ1) is 20.4. The van der Waals surface area contributed by atoms with Gasteiger partial charge in [0, 0.05) is 36.3 Å². The topological polar surface area (TPSA) is 51.7 Å². The molecular weight excluding hydrogens is 376 g/mol. The monoisotopic (exact) mass is 404 g/mol. The average Bonchev–Trinajstić information content (AvgIpc) is 3.26. The number of amides is 1. The fraction of sp³-hybridized carbons (Fsp3) is 0.360. The van der Waals surface area contributed by atoms with E-state index >= 15 is 0 Å². The van der Waals surface area contributed by atoms with Crippen LogP contribution in [0.25, 0.3) is 10.9 Å². The molecular formula is C25H28N2O3. The molecule has 5 nitrogen and oxygen atoms in total. The standard InChI is InChI=1S/C25H28N2O3/c1-17-10-11-23-21(13-17)22(14-18(2)26-23)25(28)27(16-20-8-6-12-30-20)15-19-7-4-5-9-24(19)29-3/h4-5,7,9-11,13-14,20H,6,8,12,15-16H2,1-3H3. The van der Waals surface area contributed by atoms with Crippen LogP contribution in [0.3, 0.4) is 0 Å². The zero-order valence-electron chi connectivity index (χ0n) is 17.9. The first-order valence-electron chi connectivity index (χ1n) is 10.5. The van der Waals surface area contributed by atoms with E-state index in [0.29, 0.717) is 18.7 Å². The van der Waals surface area contributed by atoms with Gasteiger partial charge in [0.05, 0.1) is 24.3 Å². The van der Waals surface area contributed by atoms with E-state index in [1.54, 1.807) is 7.11 Å². The Morgan fingerprint density at radius 1 is 1.20 bits per heavy atom. The van der Waals surface area contributed by atoms with E-state index in [-0.39, 0.29) is 12.0 Å². The zero-order valence-corrected chi connectivity index (χ0v) is 17.9. The maximum atomic E-state index is 13.8. The summed E-state index contributed by atoms with van der Waals surface area (Å²) in [7, 11) is 1.66. The van der Waals surface area contributed by atoms with Gasteiger partial charge in [0.1, 0.15) is 5.75 Å². The van der Waals surface area contributed by atoms with Gasteiger partial charge in [0.15, 0.2) is 0 Å². The molecule has 0 N–H and O–H groups in total. The Labute approximate surface area is 177 Å². The number of ether oxygens (including phenoxy) is 2. The molecule has 0 saturated carbocycles. The minimum Gasteiger partial charge on any atom is -0.496 e. The van der Waals surface area contributed by atoms with E-state index in [9.17, 15) is 4.79 Å². The molecule has 1 amide bonds. The number of para-hydroxylation sites is 1. The largest absolute Gasteiger partial charge is 0.496 e. The van der Waals surface area contributed by atoms with E-state index in [0.717, 1.165) is 52.9 Å². The number of rotatable bonds is 6. The number of fused-ring (bicyclic) bond motifs is 1. The molecule has 1 unspecified atom stereocenters. The lowest BCUT2D eigenvalue weighted by atomic mass is 10.0. The summed E-state index contributed by atoms with van der Waals surface area (Å²) in [4.78, 5) is 20.3. The van der Waals surface area contributed by atoms with Gasteiger partial charge in [-0.3, -0.25) is 9.78 Å². The molecule has 3 aromatic rings. The Kier molecular flexibility index (Phi) is 6.00. The lowest BCUT2D eigenvalue weighted by molar-refractivity contribution is 0.0507. The molecule has 4 rings (SSSR count). The molecule has 1 aliphatic heterocycles. The van der Waals surface area contributed by atoms with Crippen molar-refractivity contribution in [3.8, 4) is 5.75 Å². The van der Waals surface area contributed by atoms with Gasteiger partial charge < -0.3 is 14.4 Å². The van der Waals surface area contributed by atoms with Gasteiger partial charge in [0.2, 0.25) is 0 Å². The number of methoxy groups -OCH3 is 1. The number of nitrogens with zero attached hydrogens (tertiary/aromatic N) is 2. The fourth-order valence-corrected chi connectivity index (χ4v) is 4.11. The summed E-state index contributed by atoms with van der Waals surface area (Å²) in [5, 5.41) is 0.892. The molecule has 156 valence electrons. The molecule has 1 fully saturated rings. The van der Waals surface area contributed by atoms with Gasteiger partial charge in [-0.1, -0.05) is 29.8 Å². The Hall–Kier alpha value is -2.92. The van der Waals surface area contributed by atoms with Gasteiger partial charge in [-0.2, -0.15) is 0 Å². The number of aryl methyl sites for hydroxylation is 2. The highest BCUT2D eigenvalue weighted by Crippen LogP contribution is 2.26. The quantitative estimate of drug-likeness (QED) is 0.598. The average molecular weight is 405 g/mol. The third kappa shape index (κ3) is 4.31. The number of aromatic nitrogens is 1. The van der Waals surface area contributed by atoms with Gasteiger partial charge in [-0.25, -0.2) is 0 Å². The van der Waals surface area contributed by atoms with Crippen molar-refractivity contribution in [2.75, 3.05) is 20.3 Å². The third-order valence-electron chi connectivity index (χ3n) is 5.61. The van der Waals surface area contributed by atoms with Crippen LogP contribution in [0, 0.1) is 13.8 Å².